The second-order valence-corrected chi connectivity index (χ2v) is 9.61. The second-order valence-electron chi connectivity index (χ2n) is 7.86. The predicted molar refractivity (Wildman–Crippen MR) is 132 cm³/mol. The number of nitrogens with one attached hydrogen (secondary N) is 1. The van der Waals surface area contributed by atoms with Gasteiger partial charge in [0.2, 0.25) is 10.0 Å². The van der Waals surface area contributed by atoms with Crippen LogP contribution in [-0.2, 0) is 23.0 Å². The Balaban J connectivity index is 0.00000385. The number of hydrogen-bond donors (Lipinski definition) is 2. The smallest absolute Gasteiger partial charge is 0.267 e. The van der Waals surface area contributed by atoms with E-state index < -0.39 is 16.1 Å². The van der Waals surface area contributed by atoms with E-state index in [-0.39, 0.29) is 18.0 Å². The van der Waals surface area contributed by atoms with Crippen LogP contribution in [0.4, 0.5) is 5.69 Å². The molecule has 3 rings (SSSR count). The largest absolute Gasteiger partial charge is 0.387 e. The first-order chi connectivity index (χ1) is 15.2. The number of anilines is 1. The molecule has 1 heterocycles. The quantitative estimate of drug-likeness (QED) is 0.450. The van der Waals surface area contributed by atoms with Crippen molar-refractivity contribution in [2.75, 3.05) is 31.1 Å². The van der Waals surface area contributed by atoms with Crippen molar-refractivity contribution in [2.24, 2.45) is 0 Å². The molecule has 0 spiro atoms. The van der Waals surface area contributed by atoms with E-state index in [1.54, 1.807) is 36.5 Å². The van der Waals surface area contributed by atoms with Gasteiger partial charge in [0, 0.05) is 24.8 Å². The van der Waals surface area contributed by atoms with Crippen LogP contribution >= 0.6 is 12.4 Å². The van der Waals surface area contributed by atoms with Crippen LogP contribution in [0.15, 0.2) is 71.7 Å². The minimum Gasteiger partial charge on any atom is -0.387 e. The van der Waals surface area contributed by atoms with Gasteiger partial charge in [-0.1, -0.05) is 42.5 Å². The van der Waals surface area contributed by atoms with Crippen molar-refractivity contribution in [2.45, 2.75) is 19.1 Å². The monoisotopic (exact) mass is 492 g/mol. The fraction of sp³-hybridized carbons (Fsp3) is 0.304. The Bertz CT molecular complexity index is 1190. The van der Waals surface area contributed by atoms with Gasteiger partial charge in [-0.25, -0.2) is 13.1 Å². The van der Waals surface area contributed by atoms with Gasteiger partial charge in [0.1, 0.15) is 0 Å². The van der Waals surface area contributed by atoms with Crippen molar-refractivity contribution in [3.05, 3.63) is 93.9 Å². The van der Waals surface area contributed by atoms with Crippen LogP contribution in [0.1, 0.15) is 22.8 Å². The number of likely N-dealkylation sites (N-methyl/N-ethyl adjacent to an activating group) is 1. The highest BCUT2D eigenvalue weighted by Gasteiger charge is 2.12. The molecule has 33 heavy (non-hydrogen) atoms. The first-order valence-corrected chi connectivity index (χ1v) is 12.1. The molecule has 1 atom stereocenters. The lowest BCUT2D eigenvalue weighted by Crippen LogP contribution is -2.32. The van der Waals surface area contributed by atoms with Crippen molar-refractivity contribution in [3.63, 3.8) is 0 Å². The Kier molecular flexibility index (Phi) is 9.60. The van der Waals surface area contributed by atoms with Gasteiger partial charge in [-0.15, -0.1) is 12.4 Å². The summed E-state index contributed by atoms with van der Waals surface area (Å²) in [6.45, 7) is 1.31. The van der Waals surface area contributed by atoms with Gasteiger partial charge >= 0.3 is 0 Å². The first kappa shape index (κ1) is 26.5. The second kappa shape index (κ2) is 11.9. The highest BCUT2D eigenvalue weighted by molar-refractivity contribution is 7.92. The number of rotatable bonds is 10. The number of aromatic nitrogens is 2. The number of halogens is 1. The van der Waals surface area contributed by atoms with Crippen LogP contribution in [0.5, 0.6) is 0 Å². The fourth-order valence-electron chi connectivity index (χ4n) is 3.31. The van der Waals surface area contributed by atoms with Gasteiger partial charge in [0.25, 0.3) is 5.56 Å². The molecule has 0 aliphatic carbocycles. The molecule has 8 nitrogen and oxygen atoms in total. The molecule has 10 heteroatoms. The van der Waals surface area contributed by atoms with Crippen molar-refractivity contribution < 1.29 is 13.5 Å². The van der Waals surface area contributed by atoms with E-state index in [1.807, 2.05) is 42.3 Å². The van der Waals surface area contributed by atoms with E-state index in [4.69, 9.17) is 0 Å². The van der Waals surface area contributed by atoms with E-state index in [2.05, 4.69) is 9.82 Å². The van der Waals surface area contributed by atoms with Crippen LogP contribution < -0.4 is 10.3 Å². The molecule has 3 aromatic rings. The molecule has 0 fully saturated rings. The molecule has 0 radical (unpaired) electrons. The highest BCUT2D eigenvalue weighted by Crippen LogP contribution is 2.17. The third kappa shape index (κ3) is 8.62. The van der Waals surface area contributed by atoms with Gasteiger partial charge < -0.3 is 10.0 Å². The van der Waals surface area contributed by atoms with Gasteiger partial charge in [0.15, 0.2) is 0 Å². The Morgan fingerprint density at radius 1 is 1.09 bits per heavy atom. The van der Waals surface area contributed by atoms with E-state index in [0.717, 1.165) is 17.4 Å². The lowest BCUT2D eigenvalue weighted by Gasteiger charge is -2.21. The molecule has 0 bridgehead atoms. The van der Waals surface area contributed by atoms with Gasteiger partial charge in [-0.3, -0.25) is 9.52 Å². The number of nitrogens with zero attached hydrogens (tertiary/aromatic N) is 3. The molecule has 2 aromatic carbocycles. The average Bonchev–Trinajstić information content (AvgIpc) is 2.73. The summed E-state index contributed by atoms with van der Waals surface area (Å²) >= 11 is 0. The van der Waals surface area contributed by atoms with Crippen molar-refractivity contribution in [1.29, 1.82) is 0 Å². The molecule has 0 aliphatic rings. The SMILES string of the molecule is CN(CCn1ncc(Cc2ccccc2)cc1=O)CC(O)c1ccc(NS(C)(=O)=O)cc1.Cl. The Labute approximate surface area is 200 Å². The molecule has 0 aliphatic heterocycles. The van der Waals surface area contributed by atoms with E-state index >= 15 is 0 Å². The summed E-state index contributed by atoms with van der Waals surface area (Å²) in [5.74, 6) is 0. The third-order valence-corrected chi connectivity index (χ3v) is 5.56. The number of hydrogen-bond acceptors (Lipinski definition) is 6. The predicted octanol–water partition coefficient (Wildman–Crippen LogP) is 2.29. The molecule has 1 unspecified atom stereocenters. The zero-order valence-electron chi connectivity index (χ0n) is 18.6. The lowest BCUT2D eigenvalue weighted by atomic mass is 10.1. The number of sulfonamides is 1. The van der Waals surface area contributed by atoms with E-state index in [1.165, 1.54) is 4.68 Å². The maximum atomic E-state index is 12.4. The summed E-state index contributed by atoms with van der Waals surface area (Å²) in [5, 5.41) is 14.8. The standard InChI is InChI=1S/C23H28N4O4S.ClH/c1-26(17-22(28)20-8-10-21(11-9-20)25-32(2,30)31)12-13-27-23(29)15-19(16-24-27)14-18-6-4-3-5-7-18;/h3-11,15-16,22,25,28H,12-14,17H2,1-2H3;1H. The molecule has 0 amide bonds. The fourth-order valence-corrected chi connectivity index (χ4v) is 3.88. The Morgan fingerprint density at radius 2 is 1.76 bits per heavy atom. The zero-order valence-corrected chi connectivity index (χ0v) is 20.2. The van der Waals surface area contributed by atoms with Gasteiger partial charge in [-0.2, -0.15) is 5.10 Å². The van der Waals surface area contributed by atoms with Gasteiger partial charge in [-0.05, 0) is 42.3 Å². The number of benzene rings is 2. The number of aliphatic hydroxyl groups excluding tert-OH is 1. The van der Waals surface area contributed by atoms with Crippen molar-refractivity contribution in [1.82, 2.24) is 14.7 Å². The summed E-state index contributed by atoms with van der Waals surface area (Å²) in [7, 11) is -1.48. The van der Waals surface area contributed by atoms with E-state index in [9.17, 15) is 18.3 Å². The summed E-state index contributed by atoms with van der Waals surface area (Å²) < 4.78 is 26.4. The minimum absolute atomic E-state index is 0. The maximum absolute atomic E-state index is 12.4. The normalized spacial score (nSPS) is 12.2. The zero-order chi connectivity index (χ0) is 23.1. The highest BCUT2D eigenvalue weighted by atomic mass is 35.5. The summed E-state index contributed by atoms with van der Waals surface area (Å²) in [6.07, 6.45) is 2.72. The molecular formula is C23H29ClN4O4S. The van der Waals surface area contributed by atoms with Crippen LogP contribution in [0, 0.1) is 0 Å². The summed E-state index contributed by atoms with van der Waals surface area (Å²) in [6, 6.07) is 18.1. The van der Waals surface area contributed by atoms with Crippen LogP contribution in [0.3, 0.4) is 0 Å². The Morgan fingerprint density at radius 3 is 2.36 bits per heavy atom. The van der Waals surface area contributed by atoms with Crippen LogP contribution in [-0.4, -0.2) is 54.6 Å². The molecule has 1 aromatic heterocycles. The Hall–Kier alpha value is -2.72. The van der Waals surface area contributed by atoms with E-state index in [0.29, 0.717) is 37.3 Å². The first-order valence-electron chi connectivity index (χ1n) is 10.2. The van der Waals surface area contributed by atoms with Crippen LogP contribution in [0.25, 0.3) is 0 Å². The lowest BCUT2D eigenvalue weighted by molar-refractivity contribution is 0.124. The molecular weight excluding hydrogens is 464 g/mol. The third-order valence-electron chi connectivity index (χ3n) is 4.95. The minimum atomic E-state index is -3.34. The molecule has 0 saturated heterocycles. The van der Waals surface area contributed by atoms with Crippen molar-refractivity contribution >= 4 is 28.1 Å². The van der Waals surface area contributed by atoms with Crippen LogP contribution in [0.2, 0.25) is 0 Å². The summed E-state index contributed by atoms with van der Waals surface area (Å²) in [4.78, 5) is 14.3. The maximum Gasteiger partial charge on any atom is 0.267 e. The number of aliphatic hydroxyl groups is 1. The molecule has 0 saturated carbocycles. The van der Waals surface area contributed by atoms with Gasteiger partial charge in [0.05, 0.1) is 25.1 Å². The topological polar surface area (TPSA) is 105 Å². The summed E-state index contributed by atoms with van der Waals surface area (Å²) in [5.41, 5.74) is 2.96. The van der Waals surface area contributed by atoms with Crippen molar-refractivity contribution in [3.8, 4) is 0 Å². The molecule has 178 valence electrons. The molecule has 2 N–H and O–H groups in total. The average molecular weight is 493 g/mol.